The SMILES string of the molecule is CCCCC(=O)c1ccc[nH]c1=O. The average molecular weight is 179 g/mol. The average Bonchev–Trinajstić information content (AvgIpc) is 2.15. The van der Waals surface area contributed by atoms with Gasteiger partial charge in [-0.1, -0.05) is 13.3 Å². The molecule has 0 spiro atoms. The van der Waals surface area contributed by atoms with Gasteiger partial charge in [-0.25, -0.2) is 0 Å². The molecule has 0 saturated heterocycles. The molecule has 0 saturated carbocycles. The van der Waals surface area contributed by atoms with Crippen LogP contribution in [0.1, 0.15) is 36.5 Å². The number of hydrogen-bond donors (Lipinski definition) is 1. The number of carbonyl (C=O) groups excluding carboxylic acids is 1. The van der Waals surface area contributed by atoms with Crippen molar-refractivity contribution in [2.75, 3.05) is 0 Å². The molecule has 0 bridgehead atoms. The van der Waals surface area contributed by atoms with E-state index in [4.69, 9.17) is 0 Å². The Morgan fingerprint density at radius 1 is 1.54 bits per heavy atom. The van der Waals surface area contributed by atoms with Crippen molar-refractivity contribution in [1.82, 2.24) is 4.98 Å². The van der Waals surface area contributed by atoms with Gasteiger partial charge in [-0.3, -0.25) is 9.59 Å². The van der Waals surface area contributed by atoms with Crippen LogP contribution in [-0.2, 0) is 0 Å². The Labute approximate surface area is 76.8 Å². The maximum Gasteiger partial charge on any atom is 0.258 e. The molecule has 1 aromatic heterocycles. The highest BCUT2D eigenvalue weighted by atomic mass is 16.1. The summed E-state index contributed by atoms with van der Waals surface area (Å²) in [7, 11) is 0. The van der Waals surface area contributed by atoms with Gasteiger partial charge in [-0.15, -0.1) is 0 Å². The van der Waals surface area contributed by atoms with E-state index in [1.807, 2.05) is 6.92 Å². The molecule has 0 aromatic carbocycles. The number of ketones is 1. The van der Waals surface area contributed by atoms with E-state index in [1.165, 1.54) is 6.20 Å². The number of H-pyrrole nitrogens is 1. The monoisotopic (exact) mass is 179 g/mol. The first-order chi connectivity index (χ1) is 6.25. The molecule has 0 aliphatic heterocycles. The van der Waals surface area contributed by atoms with Gasteiger partial charge in [0.1, 0.15) is 0 Å². The van der Waals surface area contributed by atoms with E-state index in [0.29, 0.717) is 6.42 Å². The van der Waals surface area contributed by atoms with Gasteiger partial charge in [0.05, 0.1) is 5.56 Å². The molecule has 0 atom stereocenters. The molecule has 0 unspecified atom stereocenters. The second-order valence-corrected chi connectivity index (χ2v) is 2.94. The third kappa shape index (κ3) is 2.54. The molecule has 0 aliphatic carbocycles. The van der Waals surface area contributed by atoms with Gasteiger partial charge in [-0.2, -0.15) is 0 Å². The highest BCUT2D eigenvalue weighted by Gasteiger charge is 2.07. The smallest absolute Gasteiger partial charge is 0.258 e. The summed E-state index contributed by atoms with van der Waals surface area (Å²) in [6, 6.07) is 3.23. The quantitative estimate of drug-likeness (QED) is 0.716. The Morgan fingerprint density at radius 2 is 2.31 bits per heavy atom. The Balaban J connectivity index is 2.77. The summed E-state index contributed by atoms with van der Waals surface area (Å²) in [5, 5.41) is 0. The Morgan fingerprint density at radius 3 is 2.92 bits per heavy atom. The van der Waals surface area contributed by atoms with Crippen LogP contribution >= 0.6 is 0 Å². The van der Waals surface area contributed by atoms with Gasteiger partial charge >= 0.3 is 0 Å². The standard InChI is InChI=1S/C10H13NO2/c1-2-3-6-9(12)8-5-4-7-11-10(8)13/h4-5,7H,2-3,6H2,1H3,(H,11,13). The number of rotatable bonds is 4. The number of hydrogen-bond acceptors (Lipinski definition) is 2. The van der Waals surface area contributed by atoms with Crippen molar-refractivity contribution in [3.05, 3.63) is 34.2 Å². The zero-order valence-corrected chi connectivity index (χ0v) is 7.67. The molecule has 70 valence electrons. The predicted molar refractivity (Wildman–Crippen MR) is 50.9 cm³/mol. The van der Waals surface area contributed by atoms with Crippen LogP contribution < -0.4 is 5.56 Å². The van der Waals surface area contributed by atoms with Crippen molar-refractivity contribution in [2.45, 2.75) is 26.2 Å². The minimum absolute atomic E-state index is 0.0660. The van der Waals surface area contributed by atoms with Crippen LogP contribution in [-0.4, -0.2) is 10.8 Å². The van der Waals surface area contributed by atoms with E-state index in [2.05, 4.69) is 4.98 Å². The van der Waals surface area contributed by atoms with E-state index in [9.17, 15) is 9.59 Å². The first-order valence-electron chi connectivity index (χ1n) is 4.46. The fourth-order valence-electron chi connectivity index (χ4n) is 1.11. The molecule has 3 nitrogen and oxygen atoms in total. The molecule has 0 amide bonds. The number of unbranched alkanes of at least 4 members (excludes halogenated alkanes) is 1. The summed E-state index contributed by atoms with van der Waals surface area (Å²) in [6.07, 6.45) is 3.80. The van der Waals surface area contributed by atoms with Crippen molar-refractivity contribution in [2.24, 2.45) is 0 Å². The lowest BCUT2D eigenvalue weighted by atomic mass is 10.1. The summed E-state index contributed by atoms with van der Waals surface area (Å²) >= 11 is 0. The number of aromatic nitrogens is 1. The summed E-state index contributed by atoms with van der Waals surface area (Å²) in [4.78, 5) is 25.0. The summed E-state index contributed by atoms with van der Waals surface area (Å²) in [5.41, 5.74) is -0.0143. The maximum absolute atomic E-state index is 11.4. The van der Waals surface area contributed by atoms with E-state index < -0.39 is 0 Å². The van der Waals surface area contributed by atoms with Gasteiger partial charge < -0.3 is 4.98 Å². The first kappa shape index (κ1) is 9.71. The molecule has 0 aliphatic rings. The molecule has 3 heteroatoms. The van der Waals surface area contributed by atoms with Crippen LogP contribution in [0.25, 0.3) is 0 Å². The van der Waals surface area contributed by atoms with Crippen LogP contribution in [0.4, 0.5) is 0 Å². The van der Waals surface area contributed by atoms with Gasteiger partial charge in [0.2, 0.25) is 0 Å². The molecule has 1 rings (SSSR count). The van der Waals surface area contributed by atoms with Crippen LogP contribution in [0.3, 0.4) is 0 Å². The molecular weight excluding hydrogens is 166 g/mol. The summed E-state index contributed by atoms with van der Waals surface area (Å²) < 4.78 is 0. The summed E-state index contributed by atoms with van der Waals surface area (Å²) in [6.45, 7) is 2.02. The lowest BCUT2D eigenvalue weighted by molar-refractivity contribution is 0.0978. The van der Waals surface area contributed by atoms with E-state index >= 15 is 0 Å². The van der Waals surface area contributed by atoms with Gasteiger partial charge in [0.25, 0.3) is 5.56 Å². The minimum atomic E-state index is -0.288. The topological polar surface area (TPSA) is 49.9 Å². The second kappa shape index (κ2) is 4.60. The molecule has 1 aromatic rings. The van der Waals surface area contributed by atoms with Crippen molar-refractivity contribution < 1.29 is 4.79 Å². The predicted octanol–water partition coefficient (Wildman–Crippen LogP) is 1.75. The van der Waals surface area contributed by atoms with Gasteiger partial charge in [0, 0.05) is 12.6 Å². The number of carbonyl (C=O) groups is 1. The second-order valence-electron chi connectivity index (χ2n) is 2.94. The van der Waals surface area contributed by atoms with Crippen molar-refractivity contribution in [1.29, 1.82) is 0 Å². The summed E-state index contributed by atoms with van der Waals surface area (Å²) in [5.74, 6) is -0.0660. The Bertz CT molecular complexity index is 341. The highest BCUT2D eigenvalue weighted by Crippen LogP contribution is 2.01. The normalized spacial score (nSPS) is 9.92. The Hall–Kier alpha value is -1.38. The van der Waals surface area contributed by atoms with E-state index in [0.717, 1.165) is 12.8 Å². The highest BCUT2D eigenvalue weighted by molar-refractivity contribution is 5.95. The van der Waals surface area contributed by atoms with Crippen LogP contribution in [0, 0.1) is 0 Å². The third-order valence-corrected chi connectivity index (χ3v) is 1.88. The van der Waals surface area contributed by atoms with Crippen molar-refractivity contribution in [3.63, 3.8) is 0 Å². The third-order valence-electron chi connectivity index (χ3n) is 1.88. The number of Topliss-reactive ketones (excluding diaryl/α,β-unsaturated/α-hetero) is 1. The molecular formula is C10H13NO2. The van der Waals surface area contributed by atoms with Gasteiger partial charge in [0.15, 0.2) is 5.78 Å². The zero-order chi connectivity index (χ0) is 9.68. The molecule has 1 heterocycles. The van der Waals surface area contributed by atoms with Crippen molar-refractivity contribution in [3.8, 4) is 0 Å². The Kier molecular flexibility index (Phi) is 3.43. The van der Waals surface area contributed by atoms with Crippen LogP contribution in [0.2, 0.25) is 0 Å². The van der Waals surface area contributed by atoms with Crippen molar-refractivity contribution >= 4 is 5.78 Å². The van der Waals surface area contributed by atoms with Gasteiger partial charge in [-0.05, 0) is 18.6 Å². The molecule has 13 heavy (non-hydrogen) atoms. The largest absolute Gasteiger partial charge is 0.328 e. The van der Waals surface area contributed by atoms with Crippen LogP contribution in [0.15, 0.2) is 23.1 Å². The van der Waals surface area contributed by atoms with Crippen LogP contribution in [0.5, 0.6) is 0 Å². The minimum Gasteiger partial charge on any atom is -0.328 e. The van der Waals surface area contributed by atoms with E-state index in [-0.39, 0.29) is 16.9 Å². The fraction of sp³-hybridized carbons (Fsp3) is 0.400. The molecule has 1 N–H and O–H groups in total. The number of aromatic amines is 1. The first-order valence-corrected chi connectivity index (χ1v) is 4.46. The number of pyridine rings is 1. The maximum atomic E-state index is 11.4. The van der Waals surface area contributed by atoms with E-state index in [1.54, 1.807) is 12.1 Å². The lowest BCUT2D eigenvalue weighted by Crippen LogP contribution is -2.16. The zero-order valence-electron chi connectivity index (χ0n) is 7.67. The number of nitrogens with one attached hydrogen (secondary N) is 1. The molecule has 0 fully saturated rings. The lowest BCUT2D eigenvalue weighted by Gasteiger charge is -1.97. The fourth-order valence-corrected chi connectivity index (χ4v) is 1.11. The molecule has 0 radical (unpaired) electrons.